The molecule has 1 N–H and O–H groups in total. The zero-order chi connectivity index (χ0) is 23.3. The zero-order valence-corrected chi connectivity index (χ0v) is 19.7. The Kier molecular flexibility index (Phi) is 8.13. The maximum absolute atomic E-state index is 13.1. The fourth-order valence-corrected chi connectivity index (χ4v) is 5.63. The van der Waals surface area contributed by atoms with E-state index < -0.39 is 22.1 Å². The lowest BCUT2D eigenvalue weighted by Crippen LogP contribution is -2.46. The van der Waals surface area contributed by atoms with Gasteiger partial charge in [0.15, 0.2) is 6.10 Å². The largest absolute Gasteiger partial charge is 0.495 e. The molecule has 1 aliphatic heterocycles. The summed E-state index contributed by atoms with van der Waals surface area (Å²) in [6.07, 6.45) is 3.19. The fraction of sp³-hybridized carbons (Fsp3) is 0.636. The SMILES string of the molecule is COc1ccc(C(=O)O[C@@H](C)C(=O)N[C@H]2CCCC[C@@H]2C)cc1S(=O)(=O)N1CCOCC1. The van der Waals surface area contributed by atoms with Crippen molar-refractivity contribution in [2.75, 3.05) is 33.4 Å². The van der Waals surface area contributed by atoms with Gasteiger partial charge in [0.2, 0.25) is 10.0 Å². The van der Waals surface area contributed by atoms with Crippen LogP contribution < -0.4 is 10.1 Å². The Labute approximate surface area is 189 Å². The minimum Gasteiger partial charge on any atom is -0.495 e. The number of rotatable bonds is 7. The van der Waals surface area contributed by atoms with E-state index in [0.717, 1.165) is 25.7 Å². The second-order valence-corrected chi connectivity index (χ2v) is 10.2. The molecule has 9 nitrogen and oxygen atoms in total. The second-order valence-electron chi connectivity index (χ2n) is 8.31. The number of carbonyl (C=O) groups is 2. The van der Waals surface area contributed by atoms with Gasteiger partial charge >= 0.3 is 5.97 Å². The third kappa shape index (κ3) is 5.60. The van der Waals surface area contributed by atoms with Gasteiger partial charge in [-0.15, -0.1) is 0 Å². The Morgan fingerprint density at radius 1 is 1.19 bits per heavy atom. The molecule has 2 aliphatic rings. The van der Waals surface area contributed by atoms with Crippen LogP contribution in [-0.2, 0) is 24.3 Å². The minimum atomic E-state index is -3.89. The van der Waals surface area contributed by atoms with Crippen LogP contribution in [0, 0.1) is 5.92 Å². The fourth-order valence-electron chi connectivity index (χ4n) is 4.04. The molecular weight excluding hydrogens is 436 g/mol. The van der Waals surface area contributed by atoms with Gasteiger partial charge in [-0.25, -0.2) is 13.2 Å². The number of nitrogens with zero attached hydrogens (tertiary/aromatic N) is 1. The van der Waals surface area contributed by atoms with Crippen molar-refractivity contribution in [1.82, 2.24) is 9.62 Å². The molecule has 1 amide bonds. The number of morpholine rings is 1. The molecule has 1 aromatic carbocycles. The van der Waals surface area contributed by atoms with Gasteiger partial charge in [-0.3, -0.25) is 4.79 Å². The van der Waals surface area contributed by atoms with Crippen LogP contribution in [0.25, 0.3) is 0 Å². The highest BCUT2D eigenvalue weighted by atomic mass is 32.2. The molecule has 10 heteroatoms. The highest BCUT2D eigenvalue weighted by molar-refractivity contribution is 7.89. The monoisotopic (exact) mass is 468 g/mol. The third-order valence-corrected chi connectivity index (χ3v) is 8.00. The normalized spacial score (nSPS) is 23.2. The van der Waals surface area contributed by atoms with Gasteiger partial charge in [0.1, 0.15) is 10.6 Å². The minimum absolute atomic E-state index is 0.0309. The summed E-state index contributed by atoms with van der Waals surface area (Å²) in [6, 6.07) is 4.15. The first-order valence-electron chi connectivity index (χ1n) is 11.0. The lowest BCUT2D eigenvalue weighted by Gasteiger charge is -2.30. The molecule has 0 aromatic heterocycles. The van der Waals surface area contributed by atoms with Crippen LogP contribution in [-0.4, -0.2) is 70.2 Å². The summed E-state index contributed by atoms with van der Waals surface area (Å²) in [5.74, 6) is -0.618. The summed E-state index contributed by atoms with van der Waals surface area (Å²) in [7, 11) is -2.52. The van der Waals surface area contributed by atoms with Crippen LogP contribution >= 0.6 is 0 Å². The van der Waals surface area contributed by atoms with Gasteiger partial charge in [-0.1, -0.05) is 19.8 Å². The van der Waals surface area contributed by atoms with Crippen LogP contribution in [0.5, 0.6) is 5.75 Å². The van der Waals surface area contributed by atoms with E-state index in [1.54, 1.807) is 0 Å². The molecule has 2 fully saturated rings. The Morgan fingerprint density at radius 2 is 1.88 bits per heavy atom. The van der Waals surface area contributed by atoms with Crippen molar-refractivity contribution in [3.63, 3.8) is 0 Å². The average Bonchev–Trinajstić information content (AvgIpc) is 2.80. The van der Waals surface area contributed by atoms with E-state index in [4.69, 9.17) is 14.2 Å². The first kappa shape index (κ1) is 24.5. The van der Waals surface area contributed by atoms with Crippen molar-refractivity contribution in [1.29, 1.82) is 0 Å². The molecule has 3 atom stereocenters. The Hall–Kier alpha value is -2.17. The van der Waals surface area contributed by atoms with Crippen molar-refractivity contribution < 1.29 is 32.2 Å². The number of hydrogen-bond donors (Lipinski definition) is 1. The van der Waals surface area contributed by atoms with Crippen molar-refractivity contribution in [2.45, 2.75) is 56.6 Å². The predicted molar refractivity (Wildman–Crippen MR) is 117 cm³/mol. The van der Waals surface area contributed by atoms with Gasteiger partial charge in [0.05, 0.1) is 25.9 Å². The van der Waals surface area contributed by atoms with Crippen LogP contribution in [0.2, 0.25) is 0 Å². The topological polar surface area (TPSA) is 111 Å². The van der Waals surface area contributed by atoms with E-state index in [1.807, 2.05) is 0 Å². The van der Waals surface area contributed by atoms with E-state index in [-0.39, 0.29) is 41.2 Å². The van der Waals surface area contributed by atoms with E-state index >= 15 is 0 Å². The molecule has 1 heterocycles. The predicted octanol–water partition coefficient (Wildman–Crippen LogP) is 1.96. The zero-order valence-electron chi connectivity index (χ0n) is 18.8. The maximum atomic E-state index is 13.1. The third-order valence-electron chi connectivity index (χ3n) is 6.08. The first-order valence-corrected chi connectivity index (χ1v) is 12.5. The number of esters is 1. The number of amides is 1. The van der Waals surface area contributed by atoms with E-state index in [1.165, 1.54) is 36.5 Å². The number of benzene rings is 1. The van der Waals surface area contributed by atoms with Crippen LogP contribution in [0.4, 0.5) is 0 Å². The Balaban J connectivity index is 1.72. The van der Waals surface area contributed by atoms with E-state index in [0.29, 0.717) is 19.1 Å². The summed E-state index contributed by atoms with van der Waals surface area (Å²) in [5.41, 5.74) is 0.0309. The lowest BCUT2D eigenvalue weighted by molar-refractivity contribution is -0.130. The summed E-state index contributed by atoms with van der Waals surface area (Å²) in [4.78, 5) is 25.1. The molecule has 1 aliphatic carbocycles. The van der Waals surface area contributed by atoms with Crippen molar-refractivity contribution in [3.05, 3.63) is 23.8 Å². The summed E-state index contributed by atoms with van der Waals surface area (Å²) in [5, 5.41) is 2.97. The van der Waals surface area contributed by atoms with E-state index in [9.17, 15) is 18.0 Å². The number of carbonyl (C=O) groups excluding carboxylic acids is 2. The van der Waals surface area contributed by atoms with Crippen LogP contribution in [0.15, 0.2) is 23.1 Å². The molecule has 178 valence electrons. The van der Waals surface area contributed by atoms with Gasteiger partial charge < -0.3 is 19.5 Å². The molecule has 1 saturated heterocycles. The lowest BCUT2D eigenvalue weighted by atomic mass is 9.86. The molecule has 0 bridgehead atoms. The summed E-state index contributed by atoms with van der Waals surface area (Å²) in [6.45, 7) is 4.66. The highest BCUT2D eigenvalue weighted by Gasteiger charge is 2.31. The quantitative estimate of drug-likeness (QED) is 0.609. The van der Waals surface area contributed by atoms with Gasteiger partial charge in [0.25, 0.3) is 5.91 Å². The van der Waals surface area contributed by atoms with Gasteiger partial charge in [-0.2, -0.15) is 4.31 Å². The molecule has 32 heavy (non-hydrogen) atoms. The molecule has 3 rings (SSSR count). The first-order chi connectivity index (χ1) is 15.2. The van der Waals surface area contributed by atoms with Crippen molar-refractivity contribution in [3.8, 4) is 5.75 Å². The van der Waals surface area contributed by atoms with Gasteiger partial charge in [-0.05, 0) is 43.9 Å². The average molecular weight is 469 g/mol. The van der Waals surface area contributed by atoms with Gasteiger partial charge in [0, 0.05) is 19.1 Å². The maximum Gasteiger partial charge on any atom is 0.338 e. The second kappa shape index (κ2) is 10.6. The van der Waals surface area contributed by atoms with Crippen molar-refractivity contribution >= 4 is 21.9 Å². The molecular formula is C22H32N2O7S. The van der Waals surface area contributed by atoms with Crippen molar-refractivity contribution in [2.24, 2.45) is 5.92 Å². The Morgan fingerprint density at radius 3 is 2.53 bits per heavy atom. The number of methoxy groups -OCH3 is 1. The van der Waals surface area contributed by atoms with Crippen LogP contribution in [0.3, 0.4) is 0 Å². The summed E-state index contributed by atoms with van der Waals surface area (Å²) >= 11 is 0. The van der Waals surface area contributed by atoms with Crippen LogP contribution in [0.1, 0.15) is 49.9 Å². The summed E-state index contributed by atoms with van der Waals surface area (Å²) < 4.78 is 43.3. The smallest absolute Gasteiger partial charge is 0.338 e. The molecule has 0 radical (unpaired) electrons. The standard InChI is InChI=1S/C22H32N2O7S/c1-15-6-4-5-7-18(15)23-21(25)16(2)31-22(26)17-8-9-19(29-3)20(14-17)32(27,28)24-10-12-30-13-11-24/h8-9,14-16,18H,4-7,10-13H2,1-3H3,(H,23,25)/t15-,16-,18-/m0/s1. The molecule has 0 spiro atoms. The molecule has 0 unspecified atom stereocenters. The number of sulfonamides is 1. The molecule has 1 saturated carbocycles. The van der Waals surface area contributed by atoms with E-state index in [2.05, 4.69) is 12.2 Å². The Bertz CT molecular complexity index is 928. The number of ether oxygens (including phenoxy) is 3. The highest BCUT2D eigenvalue weighted by Crippen LogP contribution is 2.29. The number of hydrogen-bond acceptors (Lipinski definition) is 7. The number of nitrogens with one attached hydrogen (secondary N) is 1. The molecule has 1 aromatic rings.